The van der Waals surface area contributed by atoms with Gasteiger partial charge in [0.1, 0.15) is 5.78 Å². The summed E-state index contributed by atoms with van der Waals surface area (Å²) in [5.41, 5.74) is 0. The summed E-state index contributed by atoms with van der Waals surface area (Å²) in [6.07, 6.45) is 19.7. The predicted octanol–water partition coefficient (Wildman–Crippen LogP) is 5.61. The zero-order chi connectivity index (χ0) is 13.5. The molecule has 0 spiro atoms. The first kappa shape index (κ1) is 17.2. The van der Waals surface area contributed by atoms with Gasteiger partial charge in [0.25, 0.3) is 0 Å². The van der Waals surface area contributed by atoms with Crippen LogP contribution in [0.4, 0.5) is 0 Å². The first-order chi connectivity index (χ1) is 8.77. The molecule has 1 nitrogen and oxygen atoms in total. The van der Waals surface area contributed by atoms with Crippen molar-refractivity contribution < 1.29 is 4.79 Å². The van der Waals surface area contributed by atoms with Crippen molar-refractivity contribution in [1.82, 2.24) is 0 Å². The third-order valence-corrected chi connectivity index (χ3v) is 3.10. The molecule has 0 aliphatic rings. The highest BCUT2D eigenvalue weighted by atomic mass is 16.1. The molecular formula is C17H30O. The minimum absolute atomic E-state index is 0.330. The number of rotatable bonds is 13. The maximum absolute atomic E-state index is 10.7. The molecule has 0 fully saturated rings. The molecule has 0 saturated heterocycles. The maximum Gasteiger partial charge on any atom is 0.129 e. The summed E-state index contributed by atoms with van der Waals surface area (Å²) in [5, 5.41) is 0. The average Bonchev–Trinajstić information content (AvgIpc) is 2.34. The summed E-state index contributed by atoms with van der Waals surface area (Å²) < 4.78 is 0. The Hall–Kier alpha value is -0.850. The van der Waals surface area contributed by atoms with Crippen LogP contribution < -0.4 is 0 Å². The zero-order valence-electron chi connectivity index (χ0n) is 12.1. The SMILES string of the molecule is C=CCCC/C=C/CCCCCCCCC(C)=O. The molecule has 1 heteroatoms. The predicted molar refractivity (Wildman–Crippen MR) is 80.8 cm³/mol. The molecule has 18 heavy (non-hydrogen) atoms. The Morgan fingerprint density at radius 3 is 2.00 bits per heavy atom. The summed E-state index contributed by atoms with van der Waals surface area (Å²) in [4.78, 5) is 10.7. The van der Waals surface area contributed by atoms with Crippen LogP contribution in [0.2, 0.25) is 0 Å². The second-order valence-corrected chi connectivity index (χ2v) is 5.05. The number of Topliss-reactive ketones (excluding diaryl/α,β-unsaturated/α-hetero) is 1. The van der Waals surface area contributed by atoms with Gasteiger partial charge in [-0.25, -0.2) is 0 Å². The Bertz CT molecular complexity index is 228. The first-order valence-corrected chi connectivity index (χ1v) is 7.52. The van der Waals surface area contributed by atoms with E-state index in [4.69, 9.17) is 0 Å². The van der Waals surface area contributed by atoms with E-state index in [1.807, 2.05) is 6.08 Å². The molecule has 0 bridgehead atoms. The van der Waals surface area contributed by atoms with E-state index >= 15 is 0 Å². The number of allylic oxidation sites excluding steroid dienone is 3. The van der Waals surface area contributed by atoms with Crippen molar-refractivity contribution in [3.05, 3.63) is 24.8 Å². The Morgan fingerprint density at radius 2 is 1.39 bits per heavy atom. The van der Waals surface area contributed by atoms with Crippen LogP contribution >= 0.6 is 0 Å². The number of hydrogen-bond donors (Lipinski definition) is 0. The summed E-state index contributed by atoms with van der Waals surface area (Å²) in [6, 6.07) is 0. The van der Waals surface area contributed by atoms with Crippen molar-refractivity contribution in [3.8, 4) is 0 Å². The summed E-state index contributed by atoms with van der Waals surface area (Å²) in [6.45, 7) is 5.40. The lowest BCUT2D eigenvalue weighted by Gasteiger charge is -1.99. The van der Waals surface area contributed by atoms with Gasteiger partial charge in [0.05, 0.1) is 0 Å². The standard InChI is InChI=1S/C17H30O/c1-3-4-5-6-7-8-9-10-11-12-13-14-15-16-17(2)18/h3,7-8H,1,4-6,9-16H2,2H3/b8-7+. The molecule has 104 valence electrons. The quantitative estimate of drug-likeness (QED) is 0.307. The fraction of sp³-hybridized carbons (Fsp3) is 0.706. The maximum atomic E-state index is 10.7. The highest BCUT2D eigenvalue weighted by molar-refractivity contribution is 5.75. The Labute approximate surface area is 113 Å². The summed E-state index contributed by atoms with van der Waals surface area (Å²) in [5.74, 6) is 0.330. The van der Waals surface area contributed by atoms with Gasteiger partial charge in [0.2, 0.25) is 0 Å². The Morgan fingerprint density at radius 1 is 0.833 bits per heavy atom. The van der Waals surface area contributed by atoms with Gasteiger partial charge in [-0.3, -0.25) is 0 Å². The van der Waals surface area contributed by atoms with Crippen LogP contribution in [-0.2, 0) is 4.79 Å². The monoisotopic (exact) mass is 250 g/mol. The number of unbranched alkanes of at least 4 members (excludes halogenated alkanes) is 8. The van der Waals surface area contributed by atoms with Crippen LogP contribution in [-0.4, -0.2) is 5.78 Å². The molecule has 0 radical (unpaired) electrons. The van der Waals surface area contributed by atoms with Gasteiger partial charge < -0.3 is 4.79 Å². The lowest BCUT2D eigenvalue weighted by molar-refractivity contribution is -0.117. The first-order valence-electron chi connectivity index (χ1n) is 7.52. The van der Waals surface area contributed by atoms with Crippen LogP contribution in [0.15, 0.2) is 24.8 Å². The average molecular weight is 250 g/mol. The van der Waals surface area contributed by atoms with Gasteiger partial charge in [-0.2, -0.15) is 0 Å². The van der Waals surface area contributed by atoms with Crippen LogP contribution in [0, 0.1) is 0 Å². The van der Waals surface area contributed by atoms with Crippen LogP contribution in [0.1, 0.15) is 77.6 Å². The topological polar surface area (TPSA) is 17.1 Å². The molecule has 0 saturated carbocycles. The van der Waals surface area contributed by atoms with Crippen molar-refractivity contribution in [2.45, 2.75) is 77.6 Å². The molecule has 0 aromatic heterocycles. The lowest BCUT2D eigenvalue weighted by Crippen LogP contribution is -1.89. The van der Waals surface area contributed by atoms with E-state index in [1.54, 1.807) is 6.92 Å². The molecule has 0 N–H and O–H groups in total. The van der Waals surface area contributed by atoms with Crippen LogP contribution in [0.3, 0.4) is 0 Å². The van der Waals surface area contributed by atoms with Gasteiger partial charge >= 0.3 is 0 Å². The van der Waals surface area contributed by atoms with E-state index in [1.165, 1.54) is 51.4 Å². The van der Waals surface area contributed by atoms with E-state index in [0.717, 1.165) is 19.3 Å². The van der Waals surface area contributed by atoms with Crippen LogP contribution in [0.5, 0.6) is 0 Å². The molecule has 0 aromatic rings. The summed E-state index contributed by atoms with van der Waals surface area (Å²) in [7, 11) is 0. The molecule has 0 aliphatic carbocycles. The minimum Gasteiger partial charge on any atom is -0.300 e. The Balaban J connectivity index is 3.06. The second kappa shape index (κ2) is 14.2. The zero-order valence-corrected chi connectivity index (χ0v) is 12.1. The molecule has 0 aromatic carbocycles. The molecule has 0 atom stereocenters. The van der Waals surface area contributed by atoms with Gasteiger partial charge in [-0.15, -0.1) is 6.58 Å². The van der Waals surface area contributed by atoms with Crippen molar-refractivity contribution in [3.63, 3.8) is 0 Å². The third kappa shape index (κ3) is 15.1. The van der Waals surface area contributed by atoms with E-state index in [9.17, 15) is 4.79 Å². The molecule has 0 aliphatic heterocycles. The van der Waals surface area contributed by atoms with Crippen molar-refractivity contribution in [2.24, 2.45) is 0 Å². The normalized spacial score (nSPS) is 10.9. The third-order valence-electron chi connectivity index (χ3n) is 3.10. The van der Waals surface area contributed by atoms with Gasteiger partial charge in [0, 0.05) is 6.42 Å². The molecular weight excluding hydrogens is 220 g/mol. The lowest BCUT2D eigenvalue weighted by atomic mass is 10.1. The van der Waals surface area contributed by atoms with E-state index in [2.05, 4.69) is 18.7 Å². The van der Waals surface area contributed by atoms with Crippen LogP contribution in [0.25, 0.3) is 0 Å². The van der Waals surface area contributed by atoms with Crippen molar-refractivity contribution in [1.29, 1.82) is 0 Å². The fourth-order valence-corrected chi connectivity index (χ4v) is 1.96. The Kier molecular flexibility index (Phi) is 13.5. The van der Waals surface area contributed by atoms with Gasteiger partial charge in [0.15, 0.2) is 0 Å². The number of ketones is 1. The highest BCUT2D eigenvalue weighted by Gasteiger charge is 1.94. The number of hydrogen-bond acceptors (Lipinski definition) is 1. The smallest absolute Gasteiger partial charge is 0.129 e. The summed E-state index contributed by atoms with van der Waals surface area (Å²) >= 11 is 0. The van der Waals surface area contributed by atoms with Gasteiger partial charge in [-0.1, -0.05) is 43.9 Å². The largest absolute Gasteiger partial charge is 0.300 e. The van der Waals surface area contributed by atoms with Gasteiger partial charge in [-0.05, 0) is 45.4 Å². The highest BCUT2D eigenvalue weighted by Crippen LogP contribution is 2.09. The van der Waals surface area contributed by atoms with Crippen molar-refractivity contribution >= 4 is 5.78 Å². The van der Waals surface area contributed by atoms with Crippen molar-refractivity contribution in [2.75, 3.05) is 0 Å². The minimum atomic E-state index is 0.330. The fourth-order valence-electron chi connectivity index (χ4n) is 1.96. The molecule has 0 unspecified atom stereocenters. The molecule has 0 heterocycles. The number of carbonyl (C=O) groups excluding carboxylic acids is 1. The van der Waals surface area contributed by atoms with E-state index < -0.39 is 0 Å². The molecule has 0 rings (SSSR count). The second-order valence-electron chi connectivity index (χ2n) is 5.05. The molecule has 0 amide bonds. The van der Waals surface area contributed by atoms with E-state index in [-0.39, 0.29) is 0 Å². The number of carbonyl (C=O) groups is 1. The van der Waals surface area contributed by atoms with E-state index in [0.29, 0.717) is 5.78 Å².